The summed E-state index contributed by atoms with van der Waals surface area (Å²) in [6.07, 6.45) is -2.15. The molecule has 0 fully saturated rings. The molecule has 3 aromatic rings. The van der Waals surface area contributed by atoms with Crippen molar-refractivity contribution in [1.82, 2.24) is 25.1 Å². The van der Waals surface area contributed by atoms with Crippen molar-refractivity contribution in [3.8, 4) is 11.8 Å². The lowest BCUT2D eigenvalue weighted by molar-refractivity contribution is -0.142. The van der Waals surface area contributed by atoms with E-state index in [-0.39, 0.29) is 17.7 Å². The van der Waals surface area contributed by atoms with Crippen molar-refractivity contribution in [3.63, 3.8) is 0 Å². The van der Waals surface area contributed by atoms with Gasteiger partial charge in [-0.25, -0.2) is 18.7 Å². The Morgan fingerprint density at radius 1 is 1.23 bits per heavy atom. The Kier molecular flexibility index (Phi) is 6.91. The van der Waals surface area contributed by atoms with Crippen molar-refractivity contribution in [2.75, 3.05) is 6.26 Å². The third-order valence-corrected chi connectivity index (χ3v) is 7.43. The molecule has 5 rings (SSSR count). The number of thioether (sulfide) groups is 1. The minimum atomic E-state index is -5.04. The van der Waals surface area contributed by atoms with Gasteiger partial charge in [-0.1, -0.05) is 23.6 Å². The number of hydrogen-bond donors (Lipinski definition) is 1. The summed E-state index contributed by atoms with van der Waals surface area (Å²) in [5.74, 6) is -4.88. The first kappa shape index (κ1) is 27.4. The Hall–Kier alpha value is -3.12. The zero-order chi connectivity index (χ0) is 28.3. The molecule has 2 aliphatic rings. The number of alkyl halides is 5. The summed E-state index contributed by atoms with van der Waals surface area (Å²) in [5.41, 5.74) is -2.92. The molecule has 0 aliphatic heterocycles. The smallest absolute Gasteiger partial charge is 0.346 e. The van der Waals surface area contributed by atoms with Crippen molar-refractivity contribution in [1.29, 1.82) is 0 Å². The van der Waals surface area contributed by atoms with Crippen molar-refractivity contribution in [2.24, 2.45) is 5.92 Å². The summed E-state index contributed by atoms with van der Waals surface area (Å²) in [7, 11) is 0. The third kappa shape index (κ3) is 5.00. The Morgan fingerprint density at radius 3 is 2.51 bits per heavy atom. The van der Waals surface area contributed by atoms with Gasteiger partial charge in [-0.2, -0.15) is 27.1 Å². The highest BCUT2D eigenvalue weighted by molar-refractivity contribution is 9.10. The van der Waals surface area contributed by atoms with Crippen molar-refractivity contribution in [3.05, 3.63) is 68.7 Å². The predicted octanol–water partition coefficient (Wildman–Crippen LogP) is 5.38. The van der Waals surface area contributed by atoms with Gasteiger partial charge >= 0.3 is 12.1 Å². The van der Waals surface area contributed by atoms with Crippen LogP contribution in [-0.4, -0.2) is 31.9 Å². The molecule has 0 radical (unpaired) electrons. The zero-order valence-electron chi connectivity index (χ0n) is 19.6. The van der Waals surface area contributed by atoms with Crippen LogP contribution in [0.2, 0.25) is 0 Å². The molecule has 3 atom stereocenters. The van der Waals surface area contributed by atoms with Crippen LogP contribution in [0.4, 0.5) is 30.7 Å². The number of fused-ring (bicyclic) bond motifs is 3. The summed E-state index contributed by atoms with van der Waals surface area (Å²) < 4.78 is 99.4. The van der Waals surface area contributed by atoms with Gasteiger partial charge in [0.1, 0.15) is 29.8 Å². The number of hydrogen-bond acceptors (Lipinski definition) is 5. The quantitative estimate of drug-likeness (QED) is 0.164. The summed E-state index contributed by atoms with van der Waals surface area (Å²) in [4.78, 5) is 21.5. The normalized spacial score (nSPS) is 19.4. The molecule has 39 heavy (non-hydrogen) atoms. The molecule has 2 aromatic heterocycles. The molecule has 204 valence electrons. The molecule has 1 N–H and O–H groups in total. The first-order chi connectivity index (χ1) is 18.3. The number of amides is 1. The van der Waals surface area contributed by atoms with Gasteiger partial charge in [-0.05, 0) is 46.3 Å². The van der Waals surface area contributed by atoms with Crippen LogP contribution in [0.25, 0.3) is 0 Å². The van der Waals surface area contributed by atoms with Gasteiger partial charge in [0.25, 0.3) is 0 Å². The summed E-state index contributed by atoms with van der Waals surface area (Å²) in [6.45, 7) is -0.987. The molecule has 0 bridgehead atoms. The lowest BCUT2D eigenvalue weighted by atomic mass is 9.84. The van der Waals surface area contributed by atoms with E-state index in [0.717, 1.165) is 12.1 Å². The summed E-state index contributed by atoms with van der Waals surface area (Å²) in [5, 5.41) is 6.17. The van der Waals surface area contributed by atoms with E-state index in [9.17, 15) is 26.7 Å². The zero-order valence-corrected chi connectivity index (χ0v) is 22.0. The van der Waals surface area contributed by atoms with Crippen LogP contribution in [-0.2, 0) is 29.9 Å². The maximum atomic E-state index is 15.0. The highest BCUT2D eigenvalue weighted by Gasteiger charge is 2.62. The molecule has 2 aliphatic carbocycles. The number of carbonyl (C=O) groups excluding carboxylic acids is 1. The molecule has 0 saturated carbocycles. The third-order valence-electron chi connectivity index (χ3n) is 6.26. The van der Waals surface area contributed by atoms with Crippen molar-refractivity contribution >= 4 is 33.6 Å². The molecule has 0 saturated heterocycles. The average molecular weight is 634 g/mol. The second-order valence-corrected chi connectivity index (χ2v) is 10.5. The van der Waals surface area contributed by atoms with Crippen LogP contribution < -0.4 is 5.32 Å². The fraction of sp³-hybridized carbons (Fsp3) is 0.333. The minimum Gasteiger partial charge on any atom is -0.346 e. The highest BCUT2D eigenvalue weighted by atomic mass is 79.9. The number of aromatic nitrogens is 4. The van der Waals surface area contributed by atoms with Gasteiger partial charge in [0, 0.05) is 17.8 Å². The lowest BCUT2D eigenvalue weighted by Gasteiger charge is -2.24. The Morgan fingerprint density at radius 2 is 1.92 bits per heavy atom. The number of nitrogens with one attached hydrogen (secondary N) is 1. The van der Waals surface area contributed by atoms with E-state index in [2.05, 4.69) is 48.2 Å². The predicted molar refractivity (Wildman–Crippen MR) is 128 cm³/mol. The maximum absolute atomic E-state index is 15.0. The molecular weight excluding hydrogens is 619 g/mol. The first-order valence-corrected chi connectivity index (χ1v) is 13.2. The molecule has 2 heterocycles. The van der Waals surface area contributed by atoms with E-state index in [1.165, 1.54) is 18.0 Å². The fourth-order valence-corrected chi connectivity index (χ4v) is 5.46. The fourth-order valence-electron chi connectivity index (χ4n) is 4.64. The van der Waals surface area contributed by atoms with E-state index in [1.54, 1.807) is 6.26 Å². The van der Waals surface area contributed by atoms with Crippen molar-refractivity contribution < 1.29 is 35.5 Å². The SMILES string of the molecule is CSc1ncc(Br)c([C@H](Cc2cc(F)cc(F)c2)NC(=O)Cn2nc(C(F)(F)F)c3c2C(F)(F)[C@@H]2C#C[C@H]32)n1. The van der Waals surface area contributed by atoms with Crippen molar-refractivity contribution in [2.45, 2.75) is 42.2 Å². The van der Waals surface area contributed by atoms with Crippen LogP contribution in [0.15, 0.2) is 34.0 Å². The molecular formula is C24H15BrF7N5OS. The van der Waals surface area contributed by atoms with Crippen LogP contribution >= 0.6 is 27.7 Å². The molecule has 0 spiro atoms. The standard InChI is InChI=1S/C24H15BrF7N5OS/c1-39-22-33-8-15(25)19(35-22)16(6-10-4-11(26)7-12(27)5-10)34-17(38)9-37-21-18(20(36-37)24(30,31)32)13-2-3-14(13)23(21,28)29/h4-5,7-8,13-14,16H,6,9H2,1H3,(H,34,38)/t13-,14+,16-/m0/s1. The van der Waals surface area contributed by atoms with Crippen LogP contribution in [0, 0.1) is 29.4 Å². The van der Waals surface area contributed by atoms with Gasteiger partial charge in [0.2, 0.25) is 5.91 Å². The topological polar surface area (TPSA) is 72.7 Å². The monoisotopic (exact) mass is 633 g/mol. The van der Waals surface area contributed by atoms with Gasteiger partial charge in [-0.15, -0.1) is 0 Å². The van der Waals surface area contributed by atoms with Gasteiger partial charge in [-0.3, -0.25) is 9.48 Å². The maximum Gasteiger partial charge on any atom is 0.435 e. The lowest BCUT2D eigenvalue weighted by Crippen LogP contribution is -2.36. The highest BCUT2D eigenvalue weighted by Crippen LogP contribution is 2.58. The Balaban J connectivity index is 1.49. The van der Waals surface area contributed by atoms with E-state index in [1.807, 2.05) is 0 Å². The number of benzene rings is 1. The Bertz CT molecular complexity index is 1530. The summed E-state index contributed by atoms with van der Waals surface area (Å²) in [6, 6.07) is 1.67. The molecule has 6 nitrogen and oxygen atoms in total. The number of halogens is 8. The minimum absolute atomic E-state index is 0.133. The van der Waals surface area contributed by atoms with Crippen LogP contribution in [0.1, 0.15) is 40.2 Å². The largest absolute Gasteiger partial charge is 0.435 e. The number of rotatable bonds is 7. The van der Waals surface area contributed by atoms with Gasteiger partial charge in [0.15, 0.2) is 10.9 Å². The molecule has 15 heteroatoms. The molecule has 1 aromatic carbocycles. The average Bonchev–Trinajstić information content (AvgIpc) is 3.23. The van der Waals surface area contributed by atoms with Crippen LogP contribution in [0.5, 0.6) is 0 Å². The van der Waals surface area contributed by atoms with E-state index < -0.39 is 71.0 Å². The Labute approximate surface area is 228 Å². The number of carbonyl (C=O) groups is 1. The number of nitrogens with zero attached hydrogens (tertiary/aromatic N) is 4. The molecule has 0 unspecified atom stereocenters. The molecule has 1 amide bonds. The van der Waals surface area contributed by atoms with E-state index >= 15 is 8.78 Å². The first-order valence-electron chi connectivity index (χ1n) is 11.2. The van der Waals surface area contributed by atoms with Gasteiger partial charge in [0.05, 0.1) is 22.1 Å². The van der Waals surface area contributed by atoms with E-state index in [0.29, 0.717) is 20.4 Å². The second-order valence-electron chi connectivity index (χ2n) is 8.83. The second kappa shape index (κ2) is 9.81. The van der Waals surface area contributed by atoms with Gasteiger partial charge < -0.3 is 5.32 Å². The van der Waals surface area contributed by atoms with E-state index in [4.69, 9.17) is 0 Å². The summed E-state index contributed by atoms with van der Waals surface area (Å²) >= 11 is 4.45. The van der Waals surface area contributed by atoms with Crippen LogP contribution in [0.3, 0.4) is 0 Å².